The van der Waals surface area contributed by atoms with Gasteiger partial charge in [0.25, 0.3) is 5.91 Å². The molecule has 6 heteroatoms. The van der Waals surface area contributed by atoms with Crippen LogP contribution in [0.25, 0.3) is 0 Å². The molecule has 0 aromatic heterocycles. The predicted octanol–water partition coefficient (Wildman–Crippen LogP) is 1.20. The van der Waals surface area contributed by atoms with Gasteiger partial charge in [-0.25, -0.2) is 0 Å². The summed E-state index contributed by atoms with van der Waals surface area (Å²) in [5, 5.41) is 3.29. The number of hydrogen-bond donors (Lipinski definition) is 1. The summed E-state index contributed by atoms with van der Waals surface area (Å²) in [4.78, 5) is 14.2. The summed E-state index contributed by atoms with van der Waals surface area (Å²) in [5.74, 6) is 0.102. The lowest BCUT2D eigenvalue weighted by molar-refractivity contribution is -0.148. The van der Waals surface area contributed by atoms with E-state index in [9.17, 15) is 4.79 Å². The summed E-state index contributed by atoms with van der Waals surface area (Å²) < 4.78 is 11.3. The molecule has 3 atom stereocenters. The summed E-state index contributed by atoms with van der Waals surface area (Å²) in [6.45, 7) is 7.78. The Morgan fingerprint density at radius 3 is 2.95 bits per heavy atom. The van der Waals surface area contributed by atoms with Gasteiger partial charge in [0, 0.05) is 32.3 Å². The van der Waals surface area contributed by atoms with Crippen LogP contribution in [0.2, 0.25) is 0 Å². The molecule has 0 spiro atoms. The van der Waals surface area contributed by atoms with Crippen molar-refractivity contribution >= 4 is 18.3 Å². The number of piperazine rings is 1. The Balaban J connectivity index is 0.00000200. The first-order valence-electron chi connectivity index (χ1n) is 7.43. The fourth-order valence-corrected chi connectivity index (χ4v) is 2.66. The van der Waals surface area contributed by atoms with E-state index in [0.29, 0.717) is 6.61 Å². The predicted molar refractivity (Wildman–Crippen MR) is 80.3 cm³/mol. The first-order valence-corrected chi connectivity index (χ1v) is 7.43. The molecule has 1 N–H and O–H groups in total. The van der Waals surface area contributed by atoms with Crippen molar-refractivity contribution in [2.45, 2.75) is 51.4 Å². The van der Waals surface area contributed by atoms with Crippen LogP contribution in [0.3, 0.4) is 0 Å². The lowest BCUT2D eigenvalue weighted by Gasteiger charge is -2.35. The molecule has 2 saturated heterocycles. The minimum absolute atomic E-state index is 0. The van der Waals surface area contributed by atoms with Crippen molar-refractivity contribution in [1.29, 1.82) is 0 Å². The van der Waals surface area contributed by atoms with E-state index in [1.54, 1.807) is 0 Å². The molecule has 0 aromatic rings. The molecule has 0 aromatic carbocycles. The number of nitrogens with one attached hydrogen (secondary N) is 1. The van der Waals surface area contributed by atoms with Gasteiger partial charge in [0.05, 0.1) is 12.7 Å². The molecule has 1 amide bonds. The van der Waals surface area contributed by atoms with E-state index in [1.165, 1.54) is 6.42 Å². The van der Waals surface area contributed by atoms with Crippen LogP contribution in [0.4, 0.5) is 0 Å². The van der Waals surface area contributed by atoms with Gasteiger partial charge in [-0.15, -0.1) is 12.4 Å². The second kappa shape index (κ2) is 8.82. The number of carbonyl (C=O) groups is 1. The molecule has 2 fully saturated rings. The third-order valence-electron chi connectivity index (χ3n) is 3.94. The Morgan fingerprint density at radius 2 is 2.30 bits per heavy atom. The van der Waals surface area contributed by atoms with Gasteiger partial charge in [0.1, 0.15) is 6.10 Å². The molecule has 0 radical (unpaired) electrons. The maximum atomic E-state index is 12.3. The second-order valence-corrected chi connectivity index (χ2v) is 5.55. The van der Waals surface area contributed by atoms with Gasteiger partial charge in [-0.3, -0.25) is 4.79 Å². The van der Waals surface area contributed by atoms with Gasteiger partial charge in [0.2, 0.25) is 0 Å². The molecule has 5 nitrogen and oxygen atoms in total. The highest BCUT2D eigenvalue weighted by molar-refractivity contribution is 5.85. The molecule has 20 heavy (non-hydrogen) atoms. The smallest absolute Gasteiger partial charge is 0.251 e. The zero-order chi connectivity index (χ0) is 13.7. The summed E-state index contributed by atoms with van der Waals surface area (Å²) in [7, 11) is 0. The molecular weight excluding hydrogens is 280 g/mol. The van der Waals surface area contributed by atoms with Crippen LogP contribution in [-0.4, -0.2) is 61.9 Å². The van der Waals surface area contributed by atoms with Crippen LogP contribution in [0.5, 0.6) is 0 Å². The van der Waals surface area contributed by atoms with E-state index in [4.69, 9.17) is 9.47 Å². The zero-order valence-electron chi connectivity index (χ0n) is 12.5. The Bertz CT molecular complexity index is 298. The van der Waals surface area contributed by atoms with Crippen LogP contribution >= 0.6 is 12.4 Å². The van der Waals surface area contributed by atoms with Crippen LogP contribution in [0, 0.1) is 0 Å². The number of hydrogen-bond acceptors (Lipinski definition) is 4. The Hall–Kier alpha value is -0.360. The first-order chi connectivity index (χ1) is 9.18. The van der Waals surface area contributed by atoms with Crippen molar-refractivity contribution in [2.24, 2.45) is 0 Å². The fourth-order valence-electron chi connectivity index (χ4n) is 2.66. The van der Waals surface area contributed by atoms with Crippen LogP contribution in [0.15, 0.2) is 0 Å². The van der Waals surface area contributed by atoms with Gasteiger partial charge < -0.3 is 19.7 Å². The quantitative estimate of drug-likeness (QED) is 0.848. The van der Waals surface area contributed by atoms with Gasteiger partial charge in [0.15, 0.2) is 0 Å². The Kier molecular flexibility index (Phi) is 7.80. The first kappa shape index (κ1) is 17.7. The maximum Gasteiger partial charge on any atom is 0.251 e. The molecule has 2 rings (SSSR count). The van der Waals surface area contributed by atoms with E-state index in [0.717, 1.165) is 39.1 Å². The zero-order valence-corrected chi connectivity index (χ0v) is 13.3. The highest BCUT2D eigenvalue weighted by atomic mass is 35.5. The molecule has 118 valence electrons. The third-order valence-corrected chi connectivity index (χ3v) is 3.94. The van der Waals surface area contributed by atoms with Crippen molar-refractivity contribution in [3.05, 3.63) is 0 Å². The van der Waals surface area contributed by atoms with E-state index >= 15 is 0 Å². The van der Waals surface area contributed by atoms with Gasteiger partial charge >= 0.3 is 0 Å². The number of halogens is 1. The molecule has 0 aliphatic carbocycles. The standard InChI is InChI=1S/C14H26N2O3.ClH/c1-11-9-15-6-7-16(11)14(17)12(2)19-10-13-5-3-4-8-18-13;/h11-13,15H,3-10H2,1-2H3;1H. The summed E-state index contributed by atoms with van der Waals surface area (Å²) >= 11 is 0. The minimum Gasteiger partial charge on any atom is -0.376 e. The topological polar surface area (TPSA) is 50.8 Å². The van der Waals surface area contributed by atoms with Crippen molar-refractivity contribution in [1.82, 2.24) is 10.2 Å². The average molecular weight is 307 g/mol. The molecule has 2 aliphatic heterocycles. The third kappa shape index (κ3) is 4.88. The van der Waals surface area contributed by atoms with Crippen LogP contribution < -0.4 is 5.32 Å². The normalized spacial score (nSPS) is 28.6. The van der Waals surface area contributed by atoms with Crippen molar-refractivity contribution in [2.75, 3.05) is 32.8 Å². The second-order valence-electron chi connectivity index (χ2n) is 5.55. The lowest BCUT2D eigenvalue weighted by atomic mass is 10.1. The summed E-state index contributed by atoms with van der Waals surface area (Å²) in [6.07, 6.45) is 3.19. The maximum absolute atomic E-state index is 12.3. The Labute approximate surface area is 127 Å². The minimum atomic E-state index is -0.369. The van der Waals surface area contributed by atoms with Crippen molar-refractivity contribution < 1.29 is 14.3 Å². The number of amides is 1. The molecule has 3 unspecified atom stereocenters. The molecule has 2 aliphatic rings. The number of ether oxygens (including phenoxy) is 2. The van der Waals surface area contributed by atoms with Crippen LogP contribution in [-0.2, 0) is 14.3 Å². The van der Waals surface area contributed by atoms with Crippen LogP contribution in [0.1, 0.15) is 33.1 Å². The lowest BCUT2D eigenvalue weighted by Crippen LogP contribution is -2.55. The van der Waals surface area contributed by atoms with E-state index < -0.39 is 0 Å². The monoisotopic (exact) mass is 306 g/mol. The number of nitrogens with zero attached hydrogens (tertiary/aromatic N) is 1. The van der Waals surface area contributed by atoms with E-state index in [2.05, 4.69) is 12.2 Å². The average Bonchev–Trinajstić information content (AvgIpc) is 2.45. The number of rotatable bonds is 4. The van der Waals surface area contributed by atoms with Gasteiger partial charge in [-0.05, 0) is 33.1 Å². The van der Waals surface area contributed by atoms with Crippen molar-refractivity contribution in [3.63, 3.8) is 0 Å². The summed E-state index contributed by atoms with van der Waals surface area (Å²) in [6, 6.07) is 0.248. The fraction of sp³-hybridized carbons (Fsp3) is 0.929. The van der Waals surface area contributed by atoms with E-state index in [-0.39, 0.29) is 36.6 Å². The molecular formula is C14H27ClN2O3. The summed E-state index contributed by atoms with van der Waals surface area (Å²) in [5.41, 5.74) is 0. The molecule has 0 bridgehead atoms. The SMILES string of the molecule is CC(OCC1CCCCO1)C(=O)N1CCNCC1C.Cl. The Morgan fingerprint density at radius 1 is 1.50 bits per heavy atom. The highest BCUT2D eigenvalue weighted by Crippen LogP contribution is 2.14. The number of carbonyl (C=O) groups excluding carboxylic acids is 1. The van der Waals surface area contributed by atoms with Gasteiger partial charge in [-0.2, -0.15) is 0 Å². The van der Waals surface area contributed by atoms with Gasteiger partial charge in [-0.1, -0.05) is 0 Å². The van der Waals surface area contributed by atoms with Crippen molar-refractivity contribution in [3.8, 4) is 0 Å². The molecule has 2 heterocycles. The van der Waals surface area contributed by atoms with E-state index in [1.807, 2.05) is 11.8 Å². The largest absolute Gasteiger partial charge is 0.376 e. The highest BCUT2D eigenvalue weighted by Gasteiger charge is 2.28. The molecule has 0 saturated carbocycles.